The third-order valence-electron chi connectivity index (χ3n) is 5.49. The van der Waals surface area contributed by atoms with Gasteiger partial charge in [0.1, 0.15) is 0 Å². The minimum Gasteiger partial charge on any atom is -0.466 e. The third kappa shape index (κ3) is 3.79. The molecule has 7 heteroatoms. The van der Waals surface area contributed by atoms with Gasteiger partial charge >= 0.3 is 5.97 Å². The number of nitrogens with zero attached hydrogens (tertiary/aromatic N) is 3. The first-order valence-electron chi connectivity index (χ1n) is 9.99. The van der Waals surface area contributed by atoms with Crippen LogP contribution in [0.5, 0.6) is 0 Å². The summed E-state index contributed by atoms with van der Waals surface area (Å²) in [7, 11) is 0. The lowest BCUT2D eigenvalue weighted by Crippen LogP contribution is -2.40. The minimum atomic E-state index is -0.145. The molecule has 0 radical (unpaired) electrons. The highest BCUT2D eigenvalue weighted by atomic mass is 32.1. The summed E-state index contributed by atoms with van der Waals surface area (Å²) in [5, 5.41) is 0.917. The third-order valence-corrected chi connectivity index (χ3v) is 6.49. The molecule has 152 valence electrons. The summed E-state index contributed by atoms with van der Waals surface area (Å²) in [4.78, 5) is 31.5. The number of likely N-dealkylation sites (tertiary alicyclic amines) is 1. The predicted molar refractivity (Wildman–Crippen MR) is 114 cm³/mol. The van der Waals surface area contributed by atoms with E-state index in [0.29, 0.717) is 38.1 Å². The highest BCUT2D eigenvalue weighted by Crippen LogP contribution is 2.29. The average Bonchev–Trinajstić information content (AvgIpc) is 3.29. The van der Waals surface area contributed by atoms with Crippen LogP contribution in [0.25, 0.3) is 15.3 Å². The van der Waals surface area contributed by atoms with Gasteiger partial charge in [-0.15, -0.1) is 0 Å². The summed E-state index contributed by atoms with van der Waals surface area (Å²) in [5.74, 6) is -0.232. The van der Waals surface area contributed by atoms with Crippen LogP contribution in [0.3, 0.4) is 0 Å². The van der Waals surface area contributed by atoms with Crippen LogP contribution >= 0.6 is 11.3 Å². The lowest BCUT2D eigenvalue weighted by atomic mass is 9.96. The van der Waals surface area contributed by atoms with Crippen LogP contribution in [0.2, 0.25) is 0 Å². The second-order valence-electron chi connectivity index (χ2n) is 7.45. The molecule has 1 aliphatic rings. The van der Waals surface area contributed by atoms with Gasteiger partial charge in [0.2, 0.25) is 0 Å². The minimum absolute atomic E-state index is 0.0116. The van der Waals surface area contributed by atoms with Crippen LogP contribution in [0.4, 0.5) is 0 Å². The van der Waals surface area contributed by atoms with Gasteiger partial charge in [0.25, 0.3) is 5.91 Å². The summed E-state index contributed by atoms with van der Waals surface area (Å²) in [5.41, 5.74) is 3.85. The quantitative estimate of drug-likeness (QED) is 0.606. The molecule has 0 N–H and O–H groups in total. The number of hydrogen-bond acceptors (Lipinski definition) is 5. The van der Waals surface area contributed by atoms with Crippen molar-refractivity contribution in [3.63, 3.8) is 0 Å². The number of ether oxygens (including phenoxy) is 1. The van der Waals surface area contributed by atoms with E-state index in [4.69, 9.17) is 9.72 Å². The molecule has 29 heavy (non-hydrogen) atoms. The SMILES string of the molecule is CCOC(=O)C1CCN(C(=O)c2ccc3nc(-n4c(C)ccc4C)sc3c2)CC1. The molecule has 0 unspecified atom stereocenters. The fourth-order valence-corrected chi connectivity index (χ4v) is 5.00. The van der Waals surface area contributed by atoms with Crippen LogP contribution in [-0.2, 0) is 9.53 Å². The first-order chi connectivity index (χ1) is 14.0. The van der Waals surface area contributed by atoms with Crippen LogP contribution in [0.1, 0.15) is 41.5 Å². The van der Waals surface area contributed by atoms with E-state index in [-0.39, 0.29) is 17.8 Å². The Kier molecular flexibility index (Phi) is 5.41. The number of piperidine rings is 1. The fourth-order valence-electron chi connectivity index (χ4n) is 3.87. The lowest BCUT2D eigenvalue weighted by Gasteiger charge is -2.30. The van der Waals surface area contributed by atoms with Gasteiger partial charge in [-0.2, -0.15) is 0 Å². The second-order valence-corrected chi connectivity index (χ2v) is 8.46. The van der Waals surface area contributed by atoms with Crippen LogP contribution < -0.4 is 0 Å². The Morgan fingerprint density at radius 2 is 1.83 bits per heavy atom. The van der Waals surface area contributed by atoms with Gasteiger partial charge in [0.15, 0.2) is 5.13 Å². The number of fused-ring (bicyclic) bond motifs is 1. The van der Waals surface area contributed by atoms with Crippen molar-refractivity contribution in [3.8, 4) is 5.13 Å². The molecule has 0 spiro atoms. The maximum Gasteiger partial charge on any atom is 0.309 e. The zero-order valence-corrected chi connectivity index (χ0v) is 17.8. The number of benzene rings is 1. The maximum absolute atomic E-state index is 13.0. The smallest absolute Gasteiger partial charge is 0.309 e. The second kappa shape index (κ2) is 7.99. The summed E-state index contributed by atoms with van der Waals surface area (Å²) in [6.45, 7) is 7.50. The van der Waals surface area contributed by atoms with Crippen molar-refractivity contribution in [3.05, 3.63) is 47.3 Å². The van der Waals surface area contributed by atoms with Gasteiger partial charge in [-0.25, -0.2) is 4.98 Å². The van der Waals surface area contributed by atoms with E-state index in [1.54, 1.807) is 11.3 Å². The van der Waals surface area contributed by atoms with Crippen molar-refractivity contribution in [2.24, 2.45) is 5.92 Å². The zero-order chi connectivity index (χ0) is 20.5. The molecule has 0 aliphatic carbocycles. The molecule has 1 aliphatic heterocycles. The van der Waals surface area contributed by atoms with Crippen LogP contribution in [-0.4, -0.2) is 46.0 Å². The molecule has 0 atom stereocenters. The largest absolute Gasteiger partial charge is 0.466 e. The summed E-state index contributed by atoms with van der Waals surface area (Å²) >= 11 is 1.59. The number of esters is 1. The Balaban J connectivity index is 1.51. The number of carbonyl (C=O) groups is 2. The van der Waals surface area contributed by atoms with Gasteiger partial charge in [0, 0.05) is 30.0 Å². The number of thiazole rings is 1. The zero-order valence-electron chi connectivity index (χ0n) is 17.0. The number of rotatable bonds is 4. The molecule has 0 bridgehead atoms. The Hall–Kier alpha value is -2.67. The van der Waals surface area contributed by atoms with E-state index in [9.17, 15) is 9.59 Å². The van der Waals surface area contributed by atoms with Crippen LogP contribution in [0.15, 0.2) is 30.3 Å². The highest BCUT2D eigenvalue weighted by molar-refractivity contribution is 7.20. The summed E-state index contributed by atoms with van der Waals surface area (Å²) in [6, 6.07) is 9.86. The topological polar surface area (TPSA) is 64.4 Å². The fraction of sp³-hybridized carbons (Fsp3) is 0.409. The molecular weight excluding hydrogens is 386 g/mol. The summed E-state index contributed by atoms with van der Waals surface area (Å²) < 4.78 is 8.24. The standard InChI is InChI=1S/C22H25N3O3S/c1-4-28-21(27)16-9-11-24(12-10-16)20(26)17-7-8-18-19(13-17)29-22(23-18)25-14(2)5-6-15(25)3/h5-8,13,16H,4,9-12H2,1-3H3. The van der Waals surface area contributed by atoms with E-state index in [1.165, 1.54) is 0 Å². The molecule has 2 aromatic heterocycles. The predicted octanol–water partition coefficient (Wildman–Crippen LogP) is 4.12. The Morgan fingerprint density at radius 1 is 1.14 bits per heavy atom. The van der Waals surface area contributed by atoms with E-state index < -0.39 is 0 Å². The van der Waals surface area contributed by atoms with Crippen molar-refractivity contribution < 1.29 is 14.3 Å². The molecule has 3 aromatic rings. The number of hydrogen-bond donors (Lipinski definition) is 0. The van der Waals surface area contributed by atoms with E-state index in [0.717, 1.165) is 26.7 Å². The van der Waals surface area contributed by atoms with Gasteiger partial charge < -0.3 is 9.64 Å². The average molecular weight is 412 g/mol. The van der Waals surface area contributed by atoms with Gasteiger partial charge in [0.05, 0.1) is 22.7 Å². The Bertz CT molecular complexity index is 1040. The first kappa shape index (κ1) is 19.6. The van der Waals surface area contributed by atoms with Gasteiger partial charge in [-0.3, -0.25) is 14.2 Å². The molecule has 3 heterocycles. The number of aryl methyl sites for hydroxylation is 2. The molecular formula is C22H25N3O3S. The van der Waals surface area contributed by atoms with E-state index in [2.05, 4.69) is 30.5 Å². The van der Waals surface area contributed by atoms with Crippen molar-refractivity contribution in [2.45, 2.75) is 33.6 Å². The van der Waals surface area contributed by atoms with Crippen molar-refractivity contribution in [1.82, 2.24) is 14.5 Å². The molecule has 0 saturated carbocycles. The normalized spacial score (nSPS) is 15.1. The number of amides is 1. The first-order valence-corrected chi connectivity index (χ1v) is 10.8. The molecule has 4 rings (SSSR count). The molecule has 1 saturated heterocycles. The molecule has 6 nitrogen and oxygen atoms in total. The van der Waals surface area contributed by atoms with E-state index >= 15 is 0 Å². The highest BCUT2D eigenvalue weighted by Gasteiger charge is 2.28. The van der Waals surface area contributed by atoms with Crippen molar-refractivity contribution in [1.29, 1.82) is 0 Å². The van der Waals surface area contributed by atoms with Crippen LogP contribution in [0, 0.1) is 19.8 Å². The Morgan fingerprint density at radius 3 is 2.48 bits per heavy atom. The monoisotopic (exact) mass is 411 g/mol. The lowest BCUT2D eigenvalue weighted by molar-refractivity contribution is -0.149. The van der Waals surface area contributed by atoms with Crippen molar-refractivity contribution >= 4 is 33.4 Å². The molecule has 1 amide bonds. The summed E-state index contributed by atoms with van der Waals surface area (Å²) in [6.07, 6.45) is 1.31. The molecule has 1 fully saturated rings. The van der Waals surface area contributed by atoms with E-state index in [1.807, 2.05) is 30.0 Å². The number of carbonyl (C=O) groups excluding carboxylic acids is 2. The Labute approximate surface area is 174 Å². The maximum atomic E-state index is 13.0. The number of aromatic nitrogens is 2. The van der Waals surface area contributed by atoms with Gasteiger partial charge in [-0.05, 0) is 63.9 Å². The van der Waals surface area contributed by atoms with Gasteiger partial charge in [-0.1, -0.05) is 11.3 Å². The van der Waals surface area contributed by atoms with Crippen molar-refractivity contribution in [2.75, 3.05) is 19.7 Å². The molecule has 1 aromatic carbocycles.